The summed E-state index contributed by atoms with van der Waals surface area (Å²) in [6.45, 7) is 6.43. The third-order valence-electron chi connectivity index (χ3n) is 3.86. The number of amides is 1. The number of aryl methyl sites for hydroxylation is 1. The summed E-state index contributed by atoms with van der Waals surface area (Å²) in [5.74, 6) is 0.433. The van der Waals surface area contributed by atoms with Crippen LogP contribution in [0, 0.1) is 6.92 Å². The Hall–Kier alpha value is -2.35. The zero-order valence-corrected chi connectivity index (χ0v) is 13.5. The molecule has 2 heteroatoms. The number of nitrogens with one attached hydrogen (secondary N) is 1. The van der Waals surface area contributed by atoms with E-state index in [2.05, 4.69) is 31.3 Å². The van der Waals surface area contributed by atoms with Gasteiger partial charge in [0.1, 0.15) is 0 Å². The molecule has 22 heavy (non-hydrogen) atoms. The van der Waals surface area contributed by atoms with Crippen molar-refractivity contribution in [1.82, 2.24) is 0 Å². The summed E-state index contributed by atoms with van der Waals surface area (Å²) < 4.78 is 0. The maximum atomic E-state index is 11.9. The number of carbonyl (C=O) groups excluding carboxylic acids is 1. The molecule has 0 saturated heterocycles. The van der Waals surface area contributed by atoms with Crippen LogP contribution in [0.25, 0.3) is 6.08 Å². The Bertz CT molecular complexity index is 638. The minimum atomic E-state index is -0.114. The Kier molecular flexibility index (Phi) is 5.54. The van der Waals surface area contributed by atoms with Crippen LogP contribution in [0.2, 0.25) is 0 Å². The third-order valence-corrected chi connectivity index (χ3v) is 3.86. The van der Waals surface area contributed by atoms with Crippen LogP contribution in [0.1, 0.15) is 42.9 Å². The average molecular weight is 293 g/mol. The lowest BCUT2D eigenvalue weighted by molar-refractivity contribution is -0.111. The first-order valence-electron chi connectivity index (χ1n) is 7.74. The second-order valence-electron chi connectivity index (χ2n) is 5.66. The van der Waals surface area contributed by atoms with E-state index in [9.17, 15) is 4.79 Å². The zero-order chi connectivity index (χ0) is 15.9. The topological polar surface area (TPSA) is 29.1 Å². The fourth-order valence-electron chi connectivity index (χ4n) is 2.16. The van der Waals surface area contributed by atoms with Gasteiger partial charge in [0.05, 0.1) is 0 Å². The van der Waals surface area contributed by atoms with Gasteiger partial charge in [-0.15, -0.1) is 0 Å². The lowest BCUT2D eigenvalue weighted by Gasteiger charge is -2.09. The molecule has 0 saturated carbocycles. The van der Waals surface area contributed by atoms with E-state index in [4.69, 9.17) is 0 Å². The lowest BCUT2D eigenvalue weighted by Crippen LogP contribution is -2.07. The normalized spacial score (nSPS) is 12.3. The van der Waals surface area contributed by atoms with E-state index in [0.29, 0.717) is 5.92 Å². The number of rotatable bonds is 5. The minimum Gasteiger partial charge on any atom is -0.323 e. The van der Waals surface area contributed by atoms with Crippen molar-refractivity contribution in [3.63, 3.8) is 0 Å². The molecule has 0 radical (unpaired) electrons. The van der Waals surface area contributed by atoms with E-state index >= 15 is 0 Å². The molecule has 0 aromatic heterocycles. The van der Waals surface area contributed by atoms with Gasteiger partial charge in [0, 0.05) is 11.8 Å². The zero-order valence-electron chi connectivity index (χ0n) is 13.5. The van der Waals surface area contributed by atoms with Gasteiger partial charge in [-0.1, -0.05) is 55.8 Å². The van der Waals surface area contributed by atoms with Gasteiger partial charge < -0.3 is 5.32 Å². The average Bonchev–Trinajstić information content (AvgIpc) is 2.54. The van der Waals surface area contributed by atoms with Gasteiger partial charge in [0.15, 0.2) is 0 Å². The largest absolute Gasteiger partial charge is 0.323 e. The fraction of sp³-hybridized carbons (Fsp3) is 0.250. The quantitative estimate of drug-likeness (QED) is 0.758. The van der Waals surface area contributed by atoms with Gasteiger partial charge in [-0.25, -0.2) is 0 Å². The number of hydrogen-bond acceptors (Lipinski definition) is 1. The van der Waals surface area contributed by atoms with Crippen LogP contribution < -0.4 is 5.32 Å². The predicted molar refractivity (Wildman–Crippen MR) is 94.0 cm³/mol. The van der Waals surface area contributed by atoms with E-state index < -0.39 is 0 Å². The Labute approximate surface area is 132 Å². The molecule has 2 rings (SSSR count). The monoisotopic (exact) mass is 293 g/mol. The molecule has 0 spiro atoms. The molecule has 2 aromatic rings. The molecule has 0 unspecified atom stereocenters. The molecule has 0 heterocycles. The maximum Gasteiger partial charge on any atom is 0.248 e. The van der Waals surface area contributed by atoms with Crippen molar-refractivity contribution in [3.05, 3.63) is 71.3 Å². The highest BCUT2D eigenvalue weighted by molar-refractivity contribution is 6.01. The first kappa shape index (κ1) is 16.0. The molecule has 1 amide bonds. The Morgan fingerprint density at radius 3 is 2.32 bits per heavy atom. The molecule has 1 atom stereocenters. The molecule has 0 bridgehead atoms. The maximum absolute atomic E-state index is 11.9. The molecular formula is C20H23NO. The molecule has 114 valence electrons. The summed E-state index contributed by atoms with van der Waals surface area (Å²) in [5.41, 5.74) is 4.36. The smallest absolute Gasteiger partial charge is 0.248 e. The van der Waals surface area contributed by atoms with Crippen LogP contribution in [0.5, 0.6) is 0 Å². The highest BCUT2D eigenvalue weighted by atomic mass is 16.1. The van der Waals surface area contributed by atoms with E-state index in [-0.39, 0.29) is 5.91 Å². The Morgan fingerprint density at radius 2 is 1.73 bits per heavy atom. The fourth-order valence-corrected chi connectivity index (χ4v) is 2.16. The van der Waals surface area contributed by atoms with Crippen LogP contribution in [-0.2, 0) is 4.79 Å². The minimum absolute atomic E-state index is 0.114. The number of carbonyl (C=O) groups is 1. The highest BCUT2D eigenvalue weighted by Gasteiger charge is 2.03. The van der Waals surface area contributed by atoms with Gasteiger partial charge in [-0.05, 0) is 48.6 Å². The molecule has 2 nitrogen and oxygen atoms in total. The van der Waals surface area contributed by atoms with Crippen molar-refractivity contribution in [3.8, 4) is 0 Å². The van der Waals surface area contributed by atoms with Crippen molar-refractivity contribution in [2.45, 2.75) is 33.1 Å². The molecular weight excluding hydrogens is 270 g/mol. The summed E-state index contributed by atoms with van der Waals surface area (Å²) in [6, 6.07) is 16.1. The predicted octanol–water partition coefficient (Wildman–Crippen LogP) is 5.16. The SMILES string of the molecule is CC[C@@H](C)c1ccc(NC(=O)/C=C/c2ccc(C)cc2)cc1. The van der Waals surface area contributed by atoms with E-state index in [1.807, 2.05) is 49.4 Å². The second-order valence-corrected chi connectivity index (χ2v) is 5.66. The first-order valence-corrected chi connectivity index (χ1v) is 7.74. The summed E-state index contributed by atoms with van der Waals surface area (Å²) in [4.78, 5) is 11.9. The molecule has 2 aromatic carbocycles. The molecule has 0 fully saturated rings. The third kappa shape index (κ3) is 4.59. The number of hydrogen-bond donors (Lipinski definition) is 1. The van der Waals surface area contributed by atoms with Crippen molar-refractivity contribution in [2.24, 2.45) is 0 Å². The van der Waals surface area contributed by atoms with Gasteiger partial charge in [-0.3, -0.25) is 4.79 Å². The number of anilines is 1. The van der Waals surface area contributed by atoms with Gasteiger partial charge >= 0.3 is 0 Å². The highest BCUT2D eigenvalue weighted by Crippen LogP contribution is 2.20. The molecule has 1 N–H and O–H groups in total. The molecule has 0 aliphatic rings. The second kappa shape index (κ2) is 7.60. The van der Waals surface area contributed by atoms with Crippen LogP contribution >= 0.6 is 0 Å². The van der Waals surface area contributed by atoms with Crippen LogP contribution in [-0.4, -0.2) is 5.91 Å². The summed E-state index contributed by atoms with van der Waals surface area (Å²) >= 11 is 0. The molecule has 0 aliphatic carbocycles. The van der Waals surface area contributed by atoms with Crippen molar-refractivity contribution < 1.29 is 4.79 Å². The lowest BCUT2D eigenvalue weighted by atomic mass is 9.99. The number of benzene rings is 2. The first-order chi connectivity index (χ1) is 10.6. The van der Waals surface area contributed by atoms with E-state index in [0.717, 1.165) is 17.7 Å². The Balaban J connectivity index is 1.95. The van der Waals surface area contributed by atoms with E-state index in [1.165, 1.54) is 11.1 Å². The van der Waals surface area contributed by atoms with Crippen LogP contribution in [0.15, 0.2) is 54.6 Å². The standard InChI is InChI=1S/C20H23NO/c1-4-16(3)18-10-12-19(13-11-18)21-20(22)14-9-17-7-5-15(2)6-8-17/h5-14,16H,4H2,1-3H3,(H,21,22)/b14-9+/t16-/m1/s1. The van der Waals surface area contributed by atoms with Crippen LogP contribution in [0.3, 0.4) is 0 Å². The van der Waals surface area contributed by atoms with Crippen molar-refractivity contribution >= 4 is 17.7 Å². The van der Waals surface area contributed by atoms with Gasteiger partial charge in [0.25, 0.3) is 0 Å². The van der Waals surface area contributed by atoms with Gasteiger partial charge in [0.2, 0.25) is 5.91 Å². The summed E-state index contributed by atoms with van der Waals surface area (Å²) in [7, 11) is 0. The van der Waals surface area contributed by atoms with Gasteiger partial charge in [-0.2, -0.15) is 0 Å². The molecule has 0 aliphatic heterocycles. The van der Waals surface area contributed by atoms with Crippen molar-refractivity contribution in [2.75, 3.05) is 5.32 Å². The Morgan fingerprint density at radius 1 is 1.09 bits per heavy atom. The van der Waals surface area contributed by atoms with E-state index in [1.54, 1.807) is 6.08 Å². The summed E-state index contributed by atoms with van der Waals surface area (Å²) in [5, 5.41) is 2.88. The summed E-state index contributed by atoms with van der Waals surface area (Å²) in [6.07, 6.45) is 4.50. The van der Waals surface area contributed by atoms with Crippen molar-refractivity contribution in [1.29, 1.82) is 0 Å². The van der Waals surface area contributed by atoms with Crippen LogP contribution in [0.4, 0.5) is 5.69 Å².